The zero-order valence-electron chi connectivity index (χ0n) is 18.0. The SMILES string of the molecule is CN=C(NCCc1ccc(NC(C)=O)cc1)N1CCN(c2ccccc2OC)CC1. The van der Waals surface area contributed by atoms with Crippen LogP contribution in [0, 0.1) is 0 Å². The number of aliphatic imine (C=N–C) groups is 1. The first-order valence-electron chi connectivity index (χ1n) is 10.3. The molecule has 1 amide bonds. The molecule has 0 radical (unpaired) electrons. The number of hydrogen-bond acceptors (Lipinski definition) is 4. The molecule has 1 fully saturated rings. The first-order valence-corrected chi connectivity index (χ1v) is 10.3. The monoisotopic (exact) mass is 409 g/mol. The smallest absolute Gasteiger partial charge is 0.221 e. The highest BCUT2D eigenvalue weighted by Crippen LogP contribution is 2.28. The molecule has 2 N–H and O–H groups in total. The quantitative estimate of drug-likeness (QED) is 0.567. The van der Waals surface area contributed by atoms with Crippen molar-refractivity contribution in [2.24, 2.45) is 4.99 Å². The Hall–Kier alpha value is -3.22. The summed E-state index contributed by atoms with van der Waals surface area (Å²) in [6, 6.07) is 16.1. The van der Waals surface area contributed by atoms with Gasteiger partial charge in [-0.1, -0.05) is 24.3 Å². The summed E-state index contributed by atoms with van der Waals surface area (Å²) in [5.74, 6) is 1.79. The van der Waals surface area contributed by atoms with E-state index in [1.807, 2.05) is 49.5 Å². The van der Waals surface area contributed by atoms with E-state index in [4.69, 9.17) is 4.74 Å². The minimum Gasteiger partial charge on any atom is -0.495 e. The number of ether oxygens (including phenoxy) is 1. The molecule has 0 aliphatic carbocycles. The van der Waals surface area contributed by atoms with Gasteiger partial charge in [0.2, 0.25) is 5.91 Å². The van der Waals surface area contributed by atoms with Crippen LogP contribution in [0.3, 0.4) is 0 Å². The molecule has 0 unspecified atom stereocenters. The fourth-order valence-corrected chi connectivity index (χ4v) is 3.66. The van der Waals surface area contributed by atoms with E-state index in [2.05, 4.69) is 31.5 Å². The molecule has 2 aromatic carbocycles. The van der Waals surface area contributed by atoms with Crippen molar-refractivity contribution >= 4 is 23.2 Å². The maximum absolute atomic E-state index is 11.1. The van der Waals surface area contributed by atoms with E-state index in [1.165, 1.54) is 12.5 Å². The summed E-state index contributed by atoms with van der Waals surface area (Å²) in [5, 5.41) is 6.26. The topological polar surface area (TPSA) is 69.2 Å². The van der Waals surface area contributed by atoms with Gasteiger partial charge in [-0.15, -0.1) is 0 Å². The van der Waals surface area contributed by atoms with E-state index in [-0.39, 0.29) is 5.91 Å². The van der Waals surface area contributed by atoms with Crippen LogP contribution in [-0.2, 0) is 11.2 Å². The number of piperazine rings is 1. The number of para-hydroxylation sites is 2. The van der Waals surface area contributed by atoms with Crippen molar-refractivity contribution in [3.8, 4) is 5.75 Å². The van der Waals surface area contributed by atoms with E-state index in [1.54, 1.807) is 7.11 Å². The molecule has 160 valence electrons. The maximum atomic E-state index is 11.1. The van der Waals surface area contributed by atoms with Gasteiger partial charge in [0.25, 0.3) is 0 Å². The highest BCUT2D eigenvalue weighted by atomic mass is 16.5. The average molecular weight is 410 g/mol. The number of carbonyl (C=O) groups is 1. The Morgan fingerprint density at radius 1 is 1.07 bits per heavy atom. The van der Waals surface area contributed by atoms with Gasteiger partial charge < -0.3 is 25.2 Å². The molecule has 0 saturated carbocycles. The molecule has 1 saturated heterocycles. The van der Waals surface area contributed by atoms with E-state index < -0.39 is 0 Å². The molecular formula is C23H31N5O2. The average Bonchev–Trinajstić information content (AvgIpc) is 2.77. The van der Waals surface area contributed by atoms with Crippen molar-refractivity contribution in [1.29, 1.82) is 0 Å². The van der Waals surface area contributed by atoms with Crippen molar-refractivity contribution in [3.63, 3.8) is 0 Å². The molecule has 1 aliphatic heterocycles. The van der Waals surface area contributed by atoms with Crippen LogP contribution >= 0.6 is 0 Å². The predicted octanol–water partition coefficient (Wildman–Crippen LogP) is 2.59. The van der Waals surface area contributed by atoms with Crippen LogP contribution in [0.5, 0.6) is 5.75 Å². The molecule has 1 aliphatic rings. The number of carbonyl (C=O) groups excluding carboxylic acids is 1. The second-order valence-corrected chi connectivity index (χ2v) is 7.25. The van der Waals surface area contributed by atoms with Crippen LogP contribution in [-0.4, -0.2) is 63.6 Å². The number of amides is 1. The molecule has 7 nitrogen and oxygen atoms in total. The van der Waals surface area contributed by atoms with Gasteiger partial charge in [-0.3, -0.25) is 9.79 Å². The van der Waals surface area contributed by atoms with Gasteiger partial charge in [-0.25, -0.2) is 0 Å². The van der Waals surface area contributed by atoms with Crippen LogP contribution in [0.2, 0.25) is 0 Å². The third-order valence-corrected chi connectivity index (χ3v) is 5.19. The maximum Gasteiger partial charge on any atom is 0.221 e. The fraction of sp³-hybridized carbons (Fsp3) is 0.391. The lowest BCUT2D eigenvalue weighted by Crippen LogP contribution is -2.52. The van der Waals surface area contributed by atoms with E-state index >= 15 is 0 Å². The Bertz CT molecular complexity index is 858. The van der Waals surface area contributed by atoms with Crippen LogP contribution in [0.4, 0.5) is 11.4 Å². The van der Waals surface area contributed by atoms with Gasteiger partial charge in [-0.05, 0) is 36.2 Å². The van der Waals surface area contributed by atoms with Crippen molar-refractivity contribution in [2.45, 2.75) is 13.3 Å². The van der Waals surface area contributed by atoms with Gasteiger partial charge in [-0.2, -0.15) is 0 Å². The summed E-state index contributed by atoms with van der Waals surface area (Å²) < 4.78 is 5.50. The summed E-state index contributed by atoms with van der Waals surface area (Å²) in [6.07, 6.45) is 0.889. The number of rotatable bonds is 6. The minimum atomic E-state index is -0.0565. The zero-order chi connectivity index (χ0) is 21.3. The molecule has 0 atom stereocenters. The Labute approximate surface area is 178 Å². The van der Waals surface area contributed by atoms with Gasteiger partial charge >= 0.3 is 0 Å². The summed E-state index contributed by atoms with van der Waals surface area (Å²) in [6.45, 7) is 5.97. The molecule has 7 heteroatoms. The lowest BCUT2D eigenvalue weighted by Gasteiger charge is -2.38. The Kier molecular flexibility index (Phi) is 7.54. The number of benzene rings is 2. The lowest BCUT2D eigenvalue weighted by molar-refractivity contribution is -0.114. The summed E-state index contributed by atoms with van der Waals surface area (Å²) >= 11 is 0. The lowest BCUT2D eigenvalue weighted by atomic mass is 10.1. The van der Waals surface area contributed by atoms with Crippen LogP contribution in [0.25, 0.3) is 0 Å². The largest absolute Gasteiger partial charge is 0.495 e. The van der Waals surface area contributed by atoms with Gasteiger partial charge in [0.15, 0.2) is 5.96 Å². The highest BCUT2D eigenvalue weighted by Gasteiger charge is 2.21. The number of guanidine groups is 1. The number of hydrogen-bond donors (Lipinski definition) is 2. The Morgan fingerprint density at radius 3 is 2.40 bits per heavy atom. The minimum absolute atomic E-state index is 0.0565. The third kappa shape index (κ3) is 5.65. The molecule has 0 spiro atoms. The van der Waals surface area contributed by atoms with Crippen LogP contribution in [0.15, 0.2) is 53.5 Å². The second-order valence-electron chi connectivity index (χ2n) is 7.25. The van der Waals surface area contributed by atoms with Gasteiger partial charge in [0.05, 0.1) is 12.8 Å². The Morgan fingerprint density at radius 2 is 1.77 bits per heavy atom. The molecular weight excluding hydrogens is 378 g/mol. The molecule has 0 bridgehead atoms. The number of nitrogens with one attached hydrogen (secondary N) is 2. The first kappa shape index (κ1) is 21.5. The molecule has 1 heterocycles. The number of anilines is 2. The summed E-state index contributed by atoms with van der Waals surface area (Å²) in [4.78, 5) is 20.2. The molecule has 2 aromatic rings. The molecule has 3 rings (SSSR count). The fourth-order valence-electron chi connectivity index (χ4n) is 3.66. The van der Waals surface area contributed by atoms with Gasteiger partial charge in [0.1, 0.15) is 5.75 Å². The molecule has 30 heavy (non-hydrogen) atoms. The van der Waals surface area contributed by atoms with E-state index in [9.17, 15) is 4.79 Å². The van der Waals surface area contributed by atoms with E-state index in [0.717, 1.165) is 62.2 Å². The number of nitrogens with zero attached hydrogens (tertiary/aromatic N) is 3. The van der Waals surface area contributed by atoms with Crippen molar-refractivity contribution in [3.05, 3.63) is 54.1 Å². The first-order chi connectivity index (χ1) is 14.6. The summed E-state index contributed by atoms with van der Waals surface area (Å²) in [5.41, 5.74) is 3.18. The zero-order valence-corrected chi connectivity index (χ0v) is 18.0. The number of methoxy groups -OCH3 is 1. The van der Waals surface area contributed by atoms with E-state index in [0.29, 0.717) is 0 Å². The van der Waals surface area contributed by atoms with Crippen molar-refractivity contribution in [1.82, 2.24) is 10.2 Å². The Balaban J connectivity index is 1.47. The van der Waals surface area contributed by atoms with Gasteiger partial charge in [0, 0.05) is 52.4 Å². The van der Waals surface area contributed by atoms with Crippen LogP contribution in [0.1, 0.15) is 12.5 Å². The van der Waals surface area contributed by atoms with Crippen molar-refractivity contribution < 1.29 is 9.53 Å². The highest BCUT2D eigenvalue weighted by molar-refractivity contribution is 5.88. The molecule has 0 aromatic heterocycles. The second kappa shape index (κ2) is 10.5. The van der Waals surface area contributed by atoms with Crippen LogP contribution < -0.4 is 20.3 Å². The van der Waals surface area contributed by atoms with Crippen molar-refractivity contribution in [2.75, 3.05) is 57.1 Å². The third-order valence-electron chi connectivity index (χ3n) is 5.19. The normalized spacial score (nSPS) is 14.4. The standard InChI is InChI=1S/C23H31N5O2/c1-18(29)26-20-10-8-19(9-11-20)12-13-25-23(24-2)28-16-14-27(15-17-28)21-6-4-5-7-22(21)30-3/h4-11H,12-17H2,1-3H3,(H,24,25)(H,26,29). The summed E-state index contributed by atoms with van der Waals surface area (Å²) in [7, 11) is 3.55. The predicted molar refractivity (Wildman–Crippen MR) is 123 cm³/mol.